The summed E-state index contributed by atoms with van der Waals surface area (Å²) in [6.45, 7) is 2.24. The Kier molecular flexibility index (Phi) is 8.49. The van der Waals surface area contributed by atoms with Crippen molar-refractivity contribution < 1.29 is 4.74 Å². The molecule has 0 aliphatic heterocycles. The molecule has 0 N–H and O–H groups in total. The van der Waals surface area contributed by atoms with Gasteiger partial charge >= 0.3 is 61.8 Å². The van der Waals surface area contributed by atoms with Crippen molar-refractivity contribution in [2.45, 2.75) is 24.2 Å². The molecule has 2 radical (unpaired) electrons. The van der Waals surface area contributed by atoms with E-state index in [2.05, 4.69) is 6.92 Å². The maximum atomic E-state index is 4.96. The number of rotatable bonds is 5. The fourth-order valence-corrected chi connectivity index (χ4v) is 3.19. The summed E-state index contributed by atoms with van der Waals surface area (Å²) in [6.07, 6.45) is 2.78. The molecular weight excluding hydrogens is 207 g/mol. The molecule has 0 aromatic heterocycles. The molecule has 0 saturated heterocycles. The first kappa shape index (κ1) is 8.76. The third-order valence-corrected chi connectivity index (χ3v) is 4.38. The van der Waals surface area contributed by atoms with Crippen LogP contribution >= 0.6 is 0 Å². The van der Waals surface area contributed by atoms with Gasteiger partial charge in [0.15, 0.2) is 0 Å². The SMILES string of the molecule is CCC[CH2][Sn][CH2]OC. The molecule has 0 amide bonds. The molecule has 2 heteroatoms. The summed E-state index contributed by atoms with van der Waals surface area (Å²) in [5.74, 6) is 0. The quantitative estimate of drug-likeness (QED) is 0.505. The number of unbranched alkanes of at least 4 members (excludes halogenated alkanes) is 1. The van der Waals surface area contributed by atoms with Gasteiger partial charge in [0.2, 0.25) is 0 Å². The van der Waals surface area contributed by atoms with E-state index in [1.807, 2.05) is 0 Å². The van der Waals surface area contributed by atoms with Crippen LogP contribution in [0.1, 0.15) is 19.8 Å². The molecule has 0 aliphatic rings. The Morgan fingerprint density at radius 1 is 1.50 bits per heavy atom. The van der Waals surface area contributed by atoms with Gasteiger partial charge in [-0.15, -0.1) is 0 Å². The zero-order chi connectivity index (χ0) is 6.24. The minimum absolute atomic E-state index is 0.0568. The van der Waals surface area contributed by atoms with Crippen LogP contribution < -0.4 is 0 Å². The van der Waals surface area contributed by atoms with Crippen molar-refractivity contribution in [3.63, 3.8) is 0 Å². The average Bonchev–Trinajstić information content (AvgIpc) is 1.81. The summed E-state index contributed by atoms with van der Waals surface area (Å²) in [5, 5.41) is 0. The molecule has 8 heavy (non-hydrogen) atoms. The Labute approximate surface area is 62.0 Å². The van der Waals surface area contributed by atoms with Crippen molar-refractivity contribution in [1.82, 2.24) is 0 Å². The maximum absolute atomic E-state index is 4.96. The van der Waals surface area contributed by atoms with Crippen molar-refractivity contribution in [2.24, 2.45) is 0 Å². The van der Waals surface area contributed by atoms with Gasteiger partial charge in [-0.3, -0.25) is 0 Å². The molecule has 0 fully saturated rings. The molecule has 0 unspecified atom stereocenters. The third kappa shape index (κ3) is 6.76. The predicted molar refractivity (Wildman–Crippen MR) is 37.3 cm³/mol. The molecular formula is C6H14OSn. The summed E-state index contributed by atoms with van der Waals surface area (Å²) in [7, 11) is 1.80. The minimum atomic E-state index is -0.0568. The van der Waals surface area contributed by atoms with Gasteiger partial charge in [-0.2, -0.15) is 0 Å². The van der Waals surface area contributed by atoms with Crippen LogP contribution in [0.3, 0.4) is 0 Å². The summed E-state index contributed by atoms with van der Waals surface area (Å²) < 4.78 is 7.56. The number of hydrogen-bond acceptors (Lipinski definition) is 1. The molecule has 0 bridgehead atoms. The van der Waals surface area contributed by atoms with Crippen LogP contribution in [0.5, 0.6) is 0 Å². The van der Waals surface area contributed by atoms with Gasteiger partial charge in [0.25, 0.3) is 0 Å². The van der Waals surface area contributed by atoms with E-state index >= 15 is 0 Å². The number of hydrogen-bond donors (Lipinski definition) is 0. The normalized spacial score (nSPS) is 9.75. The van der Waals surface area contributed by atoms with Crippen molar-refractivity contribution in [2.75, 3.05) is 11.7 Å². The fraction of sp³-hybridized carbons (Fsp3) is 1.00. The van der Waals surface area contributed by atoms with Gasteiger partial charge in [0.1, 0.15) is 0 Å². The molecule has 1 nitrogen and oxygen atoms in total. The molecule has 0 rings (SSSR count). The Balaban J connectivity index is 2.53. The fourth-order valence-electron chi connectivity index (χ4n) is 0.476. The zero-order valence-corrected chi connectivity index (χ0v) is 8.59. The van der Waals surface area contributed by atoms with Gasteiger partial charge in [0, 0.05) is 0 Å². The van der Waals surface area contributed by atoms with Crippen LogP contribution in [0.25, 0.3) is 0 Å². The first-order chi connectivity index (χ1) is 3.91. The van der Waals surface area contributed by atoms with Crippen molar-refractivity contribution in [3.05, 3.63) is 0 Å². The Bertz CT molecular complexity index is 33.5. The summed E-state index contributed by atoms with van der Waals surface area (Å²) in [4.78, 5) is 0. The van der Waals surface area contributed by atoms with Gasteiger partial charge in [-0.25, -0.2) is 0 Å². The van der Waals surface area contributed by atoms with Gasteiger partial charge < -0.3 is 0 Å². The summed E-state index contributed by atoms with van der Waals surface area (Å²) in [5.41, 5.74) is 0. The summed E-state index contributed by atoms with van der Waals surface area (Å²) >= 11 is -0.0568. The van der Waals surface area contributed by atoms with E-state index in [-0.39, 0.29) is 21.1 Å². The van der Waals surface area contributed by atoms with E-state index in [0.717, 1.165) is 4.62 Å². The van der Waals surface area contributed by atoms with E-state index in [1.165, 1.54) is 17.3 Å². The van der Waals surface area contributed by atoms with Crippen LogP contribution in [-0.2, 0) is 4.74 Å². The molecule has 0 aromatic rings. The van der Waals surface area contributed by atoms with Crippen molar-refractivity contribution in [3.8, 4) is 0 Å². The van der Waals surface area contributed by atoms with Crippen LogP contribution in [0.4, 0.5) is 0 Å². The topological polar surface area (TPSA) is 9.23 Å². The number of methoxy groups -OCH3 is 1. The van der Waals surface area contributed by atoms with Crippen LogP contribution in [0, 0.1) is 0 Å². The zero-order valence-electron chi connectivity index (χ0n) is 5.74. The number of ether oxygens (including phenoxy) is 1. The Morgan fingerprint density at radius 3 is 2.75 bits per heavy atom. The van der Waals surface area contributed by atoms with Crippen LogP contribution in [-0.4, -0.2) is 32.9 Å². The van der Waals surface area contributed by atoms with Crippen molar-refractivity contribution >= 4 is 21.1 Å². The molecule has 0 saturated carbocycles. The van der Waals surface area contributed by atoms with Gasteiger partial charge in [0.05, 0.1) is 0 Å². The first-order valence-electron chi connectivity index (χ1n) is 3.11. The van der Waals surface area contributed by atoms with E-state index in [9.17, 15) is 0 Å². The van der Waals surface area contributed by atoms with Crippen molar-refractivity contribution in [1.29, 1.82) is 0 Å². The second kappa shape index (κ2) is 7.76. The van der Waals surface area contributed by atoms with E-state index in [0.29, 0.717) is 0 Å². The molecule has 0 spiro atoms. The molecule has 0 aliphatic carbocycles. The first-order valence-corrected chi connectivity index (χ1v) is 7.15. The predicted octanol–water partition coefficient (Wildman–Crippen LogP) is 1.51. The third-order valence-electron chi connectivity index (χ3n) is 0.954. The Hall–Kier alpha value is 0.759. The molecule has 0 atom stereocenters. The monoisotopic (exact) mass is 222 g/mol. The van der Waals surface area contributed by atoms with Gasteiger partial charge in [-0.05, 0) is 0 Å². The van der Waals surface area contributed by atoms with Crippen LogP contribution in [0.2, 0.25) is 4.44 Å². The molecule has 0 aromatic carbocycles. The Morgan fingerprint density at radius 2 is 2.25 bits per heavy atom. The molecule has 48 valence electrons. The second-order valence-corrected chi connectivity index (χ2v) is 5.46. The average molecular weight is 221 g/mol. The summed E-state index contributed by atoms with van der Waals surface area (Å²) in [6, 6.07) is 0. The van der Waals surface area contributed by atoms with Gasteiger partial charge in [-0.1, -0.05) is 0 Å². The van der Waals surface area contributed by atoms with E-state index in [4.69, 9.17) is 4.74 Å². The standard InChI is InChI=1S/C4H9.C2H5O.Sn/c1-3-4-2;1-3-2;/h1,3-4H2,2H3;1H2,2H3;. The van der Waals surface area contributed by atoms with Crippen LogP contribution in [0.15, 0.2) is 0 Å². The van der Waals surface area contributed by atoms with E-state index in [1.54, 1.807) is 7.11 Å². The molecule has 0 heterocycles. The second-order valence-electron chi connectivity index (χ2n) is 1.79. The van der Waals surface area contributed by atoms with E-state index < -0.39 is 0 Å².